The molecule has 1 heterocycles. The molecule has 0 bridgehead atoms. The molecule has 7 heteroatoms. The number of carbonyl (C=O) groups excluding carboxylic acids is 1. The molecule has 0 aliphatic heterocycles. The van der Waals surface area contributed by atoms with Crippen molar-refractivity contribution in [2.24, 2.45) is 0 Å². The topological polar surface area (TPSA) is 105 Å². The molecule has 0 saturated heterocycles. The maximum Gasteiger partial charge on any atom is 0.323 e. The lowest BCUT2D eigenvalue weighted by Crippen LogP contribution is -2.19. The first-order chi connectivity index (χ1) is 13.7. The number of urea groups is 1. The van der Waals surface area contributed by atoms with E-state index in [0.717, 1.165) is 22.2 Å². The van der Waals surface area contributed by atoms with Crippen molar-refractivity contribution >= 4 is 34.1 Å². The van der Waals surface area contributed by atoms with Crippen LogP contribution in [0.25, 0.3) is 10.9 Å². The number of amides is 2. The van der Waals surface area contributed by atoms with Crippen molar-refractivity contribution in [2.45, 2.75) is 6.61 Å². The van der Waals surface area contributed by atoms with Gasteiger partial charge in [-0.05, 0) is 48.0 Å². The number of ether oxygens (including phenoxy) is 1. The second-order valence-corrected chi connectivity index (χ2v) is 6.25. The molecule has 0 spiro atoms. The Morgan fingerprint density at radius 3 is 2.46 bits per heavy atom. The van der Waals surface area contributed by atoms with Crippen molar-refractivity contribution in [3.63, 3.8) is 0 Å². The summed E-state index contributed by atoms with van der Waals surface area (Å²) in [6, 6.07) is 22.2. The zero-order chi connectivity index (χ0) is 19.3. The molecular weight excluding hydrogens is 354 g/mol. The average Bonchev–Trinajstić information content (AvgIpc) is 3.08. The molecule has 1 aromatic heterocycles. The van der Waals surface area contributed by atoms with Crippen LogP contribution < -0.4 is 21.1 Å². The molecule has 0 radical (unpaired) electrons. The van der Waals surface area contributed by atoms with E-state index in [1.54, 1.807) is 24.3 Å². The molecular formula is C21H19N5O2. The van der Waals surface area contributed by atoms with E-state index < -0.39 is 0 Å². The van der Waals surface area contributed by atoms with Crippen LogP contribution in [-0.2, 0) is 6.61 Å². The SMILES string of the molecule is Nc1n[nH]c2ccc(NC(=O)Nc3ccc(OCc4ccccc4)cc3)cc12. The van der Waals surface area contributed by atoms with Crippen LogP contribution in [-0.4, -0.2) is 16.2 Å². The van der Waals surface area contributed by atoms with Gasteiger partial charge in [-0.25, -0.2) is 4.79 Å². The zero-order valence-corrected chi connectivity index (χ0v) is 15.0. The smallest absolute Gasteiger partial charge is 0.323 e. The number of carbonyl (C=O) groups is 1. The molecule has 140 valence electrons. The number of rotatable bonds is 5. The summed E-state index contributed by atoms with van der Waals surface area (Å²) in [5, 5.41) is 13.1. The summed E-state index contributed by atoms with van der Waals surface area (Å²) in [6.07, 6.45) is 0. The van der Waals surface area contributed by atoms with Gasteiger partial charge in [0.2, 0.25) is 0 Å². The van der Waals surface area contributed by atoms with Crippen LogP contribution in [0.1, 0.15) is 5.56 Å². The highest BCUT2D eigenvalue weighted by atomic mass is 16.5. The summed E-state index contributed by atoms with van der Waals surface area (Å²) in [4.78, 5) is 12.2. The van der Waals surface area contributed by atoms with Crippen molar-refractivity contribution < 1.29 is 9.53 Å². The van der Waals surface area contributed by atoms with Crippen LogP contribution in [0, 0.1) is 0 Å². The molecule has 0 aliphatic rings. The van der Waals surface area contributed by atoms with Crippen molar-refractivity contribution in [1.82, 2.24) is 10.2 Å². The number of hydrogen-bond donors (Lipinski definition) is 4. The number of aromatic nitrogens is 2. The van der Waals surface area contributed by atoms with Crippen LogP contribution in [0.5, 0.6) is 5.75 Å². The maximum atomic E-state index is 12.2. The highest BCUT2D eigenvalue weighted by molar-refractivity contribution is 6.01. The number of nitrogens with two attached hydrogens (primary N) is 1. The Morgan fingerprint density at radius 2 is 1.68 bits per heavy atom. The van der Waals surface area contributed by atoms with Crippen LogP contribution in [0.15, 0.2) is 72.8 Å². The van der Waals surface area contributed by atoms with Gasteiger partial charge in [-0.3, -0.25) is 5.10 Å². The van der Waals surface area contributed by atoms with Gasteiger partial charge >= 0.3 is 6.03 Å². The van der Waals surface area contributed by atoms with Crippen molar-refractivity contribution in [3.8, 4) is 5.75 Å². The highest BCUT2D eigenvalue weighted by Crippen LogP contribution is 2.22. The predicted molar refractivity (Wildman–Crippen MR) is 110 cm³/mol. The summed E-state index contributed by atoms with van der Waals surface area (Å²) >= 11 is 0. The van der Waals surface area contributed by atoms with E-state index >= 15 is 0 Å². The summed E-state index contributed by atoms with van der Waals surface area (Å²) in [6.45, 7) is 0.494. The van der Waals surface area contributed by atoms with Gasteiger partial charge in [0.1, 0.15) is 12.4 Å². The minimum Gasteiger partial charge on any atom is -0.489 e. The molecule has 0 aliphatic carbocycles. The average molecular weight is 373 g/mol. The minimum absolute atomic E-state index is 0.348. The van der Waals surface area contributed by atoms with Crippen LogP contribution in [0.2, 0.25) is 0 Å². The highest BCUT2D eigenvalue weighted by Gasteiger charge is 2.07. The van der Waals surface area contributed by atoms with Gasteiger partial charge in [0.15, 0.2) is 5.82 Å². The number of hydrogen-bond acceptors (Lipinski definition) is 4. The third kappa shape index (κ3) is 4.04. The number of aromatic amines is 1. The van der Waals surface area contributed by atoms with Crippen molar-refractivity contribution in [3.05, 3.63) is 78.4 Å². The fourth-order valence-electron chi connectivity index (χ4n) is 2.78. The molecule has 7 nitrogen and oxygen atoms in total. The van der Waals surface area contributed by atoms with Gasteiger partial charge in [-0.2, -0.15) is 5.10 Å². The lowest BCUT2D eigenvalue weighted by molar-refractivity contribution is 0.262. The first kappa shape index (κ1) is 17.4. The Morgan fingerprint density at radius 1 is 0.964 bits per heavy atom. The van der Waals surface area contributed by atoms with Crippen molar-refractivity contribution in [1.29, 1.82) is 0 Å². The van der Waals surface area contributed by atoms with Gasteiger partial charge in [0.25, 0.3) is 0 Å². The number of H-pyrrole nitrogens is 1. The summed E-state index contributed by atoms with van der Waals surface area (Å²) < 4.78 is 5.74. The van der Waals surface area contributed by atoms with E-state index in [0.29, 0.717) is 23.8 Å². The molecule has 5 N–H and O–H groups in total. The van der Waals surface area contributed by atoms with E-state index in [-0.39, 0.29) is 6.03 Å². The standard InChI is InChI=1S/C21H19N5O2/c22-20-18-12-16(8-11-19(18)25-26-20)24-21(27)23-15-6-9-17(10-7-15)28-13-14-4-2-1-3-5-14/h1-12H,13H2,(H3,22,25,26)(H2,23,24,27). The zero-order valence-electron chi connectivity index (χ0n) is 15.0. The number of anilines is 3. The van der Waals surface area contributed by atoms with Gasteiger partial charge in [-0.15, -0.1) is 0 Å². The van der Waals surface area contributed by atoms with E-state index in [2.05, 4.69) is 20.8 Å². The number of nitrogens with one attached hydrogen (secondary N) is 3. The molecule has 0 atom stereocenters. The summed E-state index contributed by atoms with van der Waals surface area (Å²) in [5.74, 6) is 1.13. The molecule has 0 fully saturated rings. The first-order valence-electron chi connectivity index (χ1n) is 8.76. The van der Waals surface area contributed by atoms with E-state index in [9.17, 15) is 4.79 Å². The maximum absolute atomic E-state index is 12.2. The lowest BCUT2D eigenvalue weighted by atomic mass is 10.2. The number of benzene rings is 3. The third-order valence-corrected chi connectivity index (χ3v) is 4.21. The predicted octanol–water partition coefficient (Wildman–Crippen LogP) is 4.37. The molecule has 0 saturated carbocycles. The minimum atomic E-state index is -0.348. The normalized spacial score (nSPS) is 10.6. The largest absolute Gasteiger partial charge is 0.489 e. The Balaban J connectivity index is 1.34. The quantitative estimate of drug-likeness (QED) is 0.417. The Kier molecular flexibility index (Phi) is 4.79. The van der Waals surface area contributed by atoms with E-state index in [1.807, 2.05) is 48.5 Å². The molecule has 4 aromatic rings. The fraction of sp³-hybridized carbons (Fsp3) is 0.0476. The Labute approximate surface area is 161 Å². The number of nitrogen functional groups attached to an aromatic ring is 1. The third-order valence-electron chi connectivity index (χ3n) is 4.21. The lowest BCUT2D eigenvalue weighted by Gasteiger charge is -2.10. The summed E-state index contributed by atoms with van der Waals surface area (Å²) in [5.41, 5.74) is 8.99. The monoisotopic (exact) mass is 373 g/mol. The van der Waals surface area contributed by atoms with Gasteiger partial charge in [0.05, 0.1) is 5.52 Å². The Hall–Kier alpha value is -4.00. The fourth-order valence-corrected chi connectivity index (χ4v) is 2.78. The summed E-state index contributed by atoms with van der Waals surface area (Å²) in [7, 11) is 0. The van der Waals surface area contributed by atoms with Crippen LogP contribution in [0.3, 0.4) is 0 Å². The number of nitrogens with zero attached hydrogens (tertiary/aromatic N) is 1. The van der Waals surface area contributed by atoms with Crippen LogP contribution >= 0.6 is 0 Å². The van der Waals surface area contributed by atoms with Gasteiger partial charge in [0, 0.05) is 16.8 Å². The molecule has 3 aromatic carbocycles. The van der Waals surface area contributed by atoms with Crippen molar-refractivity contribution in [2.75, 3.05) is 16.4 Å². The molecule has 0 unspecified atom stereocenters. The van der Waals surface area contributed by atoms with E-state index in [1.165, 1.54) is 0 Å². The second kappa shape index (κ2) is 7.71. The van der Waals surface area contributed by atoms with E-state index in [4.69, 9.17) is 10.5 Å². The van der Waals surface area contributed by atoms with Gasteiger partial charge < -0.3 is 21.1 Å². The Bertz CT molecular complexity index is 1090. The molecule has 28 heavy (non-hydrogen) atoms. The first-order valence-corrected chi connectivity index (χ1v) is 8.76. The second-order valence-electron chi connectivity index (χ2n) is 6.25. The van der Waals surface area contributed by atoms with Crippen LogP contribution in [0.4, 0.5) is 22.0 Å². The molecule has 2 amide bonds. The number of fused-ring (bicyclic) bond motifs is 1. The van der Waals surface area contributed by atoms with Gasteiger partial charge in [-0.1, -0.05) is 30.3 Å². The molecule has 4 rings (SSSR count).